The molecule has 1 aliphatic rings. The number of rotatable bonds is 1. The topological polar surface area (TPSA) is 16.1 Å². The van der Waals surface area contributed by atoms with E-state index in [1.165, 1.54) is 10.6 Å². The Morgan fingerprint density at radius 3 is 2.69 bits per heavy atom. The van der Waals surface area contributed by atoms with Crippen LogP contribution in [0.15, 0.2) is 53.6 Å². The Morgan fingerprint density at radius 2 is 1.94 bits per heavy atom. The van der Waals surface area contributed by atoms with Gasteiger partial charge in [-0.25, -0.2) is 0 Å². The molecular formula is C13H12N2S. The number of anilines is 1. The van der Waals surface area contributed by atoms with Crippen molar-refractivity contribution in [2.24, 2.45) is 0 Å². The highest BCUT2D eigenvalue weighted by Crippen LogP contribution is 2.49. The molecule has 2 aromatic rings. The van der Waals surface area contributed by atoms with Crippen molar-refractivity contribution in [3.8, 4) is 0 Å². The smallest absolute Gasteiger partial charge is 0.122 e. The Bertz CT molecular complexity index is 498. The van der Waals surface area contributed by atoms with E-state index in [1.807, 2.05) is 30.1 Å². The summed E-state index contributed by atoms with van der Waals surface area (Å²) in [7, 11) is 2.12. The molecule has 0 amide bonds. The van der Waals surface area contributed by atoms with Gasteiger partial charge < -0.3 is 4.90 Å². The van der Waals surface area contributed by atoms with E-state index in [9.17, 15) is 0 Å². The zero-order valence-electron chi connectivity index (χ0n) is 9.00. The van der Waals surface area contributed by atoms with Gasteiger partial charge in [0.15, 0.2) is 0 Å². The van der Waals surface area contributed by atoms with Gasteiger partial charge in [0.05, 0.1) is 11.4 Å². The van der Waals surface area contributed by atoms with Crippen LogP contribution in [0.3, 0.4) is 0 Å². The van der Waals surface area contributed by atoms with Crippen LogP contribution in [-0.4, -0.2) is 12.0 Å². The molecule has 16 heavy (non-hydrogen) atoms. The van der Waals surface area contributed by atoms with E-state index in [1.54, 1.807) is 0 Å². The largest absolute Gasteiger partial charge is 0.356 e. The number of thioether (sulfide) groups is 1. The standard InChI is InChI=1S/C13H12N2S/c1-15-11-7-2-3-8-12(11)16-13(15)10-6-4-5-9-14-10/h2-9,13H,1H3. The Balaban J connectivity index is 1.99. The van der Waals surface area contributed by atoms with E-state index in [0.29, 0.717) is 5.37 Å². The number of benzene rings is 1. The van der Waals surface area contributed by atoms with Crippen molar-refractivity contribution in [2.45, 2.75) is 10.3 Å². The summed E-state index contributed by atoms with van der Waals surface area (Å²) in [6, 6.07) is 14.6. The molecule has 0 radical (unpaired) electrons. The molecule has 0 N–H and O–H groups in total. The number of hydrogen-bond donors (Lipinski definition) is 0. The normalized spacial score (nSPS) is 18.6. The summed E-state index contributed by atoms with van der Waals surface area (Å²) in [5, 5.41) is 0.304. The molecular weight excluding hydrogens is 216 g/mol. The van der Waals surface area contributed by atoms with Crippen LogP contribution >= 0.6 is 11.8 Å². The fourth-order valence-electron chi connectivity index (χ4n) is 1.95. The van der Waals surface area contributed by atoms with Gasteiger partial charge in [0, 0.05) is 18.1 Å². The van der Waals surface area contributed by atoms with Crippen molar-refractivity contribution in [3.05, 3.63) is 54.4 Å². The van der Waals surface area contributed by atoms with Crippen LogP contribution in [0.5, 0.6) is 0 Å². The number of aromatic nitrogens is 1. The van der Waals surface area contributed by atoms with Crippen LogP contribution in [0.2, 0.25) is 0 Å². The summed E-state index contributed by atoms with van der Waals surface area (Å²) in [6.45, 7) is 0. The molecule has 0 spiro atoms. The molecule has 1 aliphatic heterocycles. The van der Waals surface area contributed by atoms with E-state index < -0.39 is 0 Å². The van der Waals surface area contributed by atoms with Crippen molar-refractivity contribution in [2.75, 3.05) is 11.9 Å². The Kier molecular flexibility index (Phi) is 2.33. The zero-order valence-corrected chi connectivity index (χ0v) is 9.82. The van der Waals surface area contributed by atoms with Gasteiger partial charge in [-0.3, -0.25) is 4.98 Å². The lowest BCUT2D eigenvalue weighted by Gasteiger charge is -2.20. The minimum absolute atomic E-state index is 0.304. The van der Waals surface area contributed by atoms with E-state index in [-0.39, 0.29) is 0 Å². The van der Waals surface area contributed by atoms with Gasteiger partial charge in [0.2, 0.25) is 0 Å². The van der Waals surface area contributed by atoms with Crippen LogP contribution < -0.4 is 4.90 Å². The van der Waals surface area contributed by atoms with Crippen molar-refractivity contribution in [1.82, 2.24) is 4.98 Å². The van der Waals surface area contributed by atoms with Crippen LogP contribution in [0.4, 0.5) is 5.69 Å². The second-order valence-corrected chi connectivity index (χ2v) is 4.93. The second-order valence-electron chi connectivity index (χ2n) is 3.80. The van der Waals surface area contributed by atoms with E-state index in [4.69, 9.17) is 0 Å². The molecule has 1 atom stereocenters. The predicted molar refractivity (Wildman–Crippen MR) is 67.7 cm³/mol. The molecule has 0 aliphatic carbocycles. The summed E-state index contributed by atoms with van der Waals surface area (Å²) in [6.07, 6.45) is 1.85. The van der Waals surface area contributed by atoms with Crippen molar-refractivity contribution < 1.29 is 0 Å². The van der Waals surface area contributed by atoms with E-state index in [0.717, 1.165) is 5.69 Å². The van der Waals surface area contributed by atoms with Gasteiger partial charge in [0.1, 0.15) is 5.37 Å². The summed E-state index contributed by atoms with van der Waals surface area (Å²) < 4.78 is 0. The highest BCUT2D eigenvalue weighted by atomic mass is 32.2. The second kappa shape index (κ2) is 3.83. The molecule has 0 fully saturated rings. The maximum atomic E-state index is 4.43. The maximum Gasteiger partial charge on any atom is 0.122 e. The number of fused-ring (bicyclic) bond motifs is 1. The third kappa shape index (κ3) is 1.48. The average molecular weight is 228 g/mol. The molecule has 0 saturated carbocycles. The minimum Gasteiger partial charge on any atom is -0.356 e. The first-order valence-corrected chi connectivity index (χ1v) is 6.14. The van der Waals surface area contributed by atoms with Crippen molar-refractivity contribution in [1.29, 1.82) is 0 Å². The highest BCUT2D eigenvalue weighted by Gasteiger charge is 2.28. The lowest BCUT2D eigenvalue weighted by molar-refractivity contribution is 0.876. The average Bonchev–Trinajstić information content (AvgIpc) is 2.69. The van der Waals surface area contributed by atoms with E-state index in [2.05, 4.69) is 47.3 Å². The molecule has 1 aromatic heterocycles. The molecule has 2 heterocycles. The van der Waals surface area contributed by atoms with Crippen molar-refractivity contribution in [3.63, 3.8) is 0 Å². The number of nitrogens with zero attached hydrogens (tertiary/aromatic N) is 2. The van der Waals surface area contributed by atoms with Gasteiger partial charge in [-0.1, -0.05) is 30.0 Å². The lowest BCUT2D eigenvalue weighted by Crippen LogP contribution is -2.17. The van der Waals surface area contributed by atoms with Gasteiger partial charge in [0.25, 0.3) is 0 Å². The quantitative estimate of drug-likeness (QED) is 0.745. The molecule has 3 heteroatoms. The third-order valence-electron chi connectivity index (χ3n) is 2.78. The summed E-state index contributed by atoms with van der Waals surface area (Å²) in [5.41, 5.74) is 2.41. The minimum atomic E-state index is 0.304. The van der Waals surface area contributed by atoms with Crippen LogP contribution in [0, 0.1) is 0 Å². The summed E-state index contributed by atoms with van der Waals surface area (Å²) >= 11 is 1.86. The first-order chi connectivity index (χ1) is 7.86. The molecule has 2 nitrogen and oxygen atoms in total. The third-order valence-corrected chi connectivity index (χ3v) is 4.16. The molecule has 0 saturated heterocycles. The van der Waals surface area contributed by atoms with Gasteiger partial charge in [-0.05, 0) is 24.3 Å². The molecule has 80 valence electrons. The summed E-state index contributed by atoms with van der Waals surface area (Å²) in [4.78, 5) is 8.05. The Morgan fingerprint density at radius 1 is 1.12 bits per heavy atom. The van der Waals surface area contributed by atoms with Crippen molar-refractivity contribution >= 4 is 17.4 Å². The lowest BCUT2D eigenvalue weighted by atomic mass is 10.2. The molecule has 0 bridgehead atoms. The number of para-hydroxylation sites is 1. The van der Waals surface area contributed by atoms with Gasteiger partial charge in [-0.2, -0.15) is 0 Å². The molecule has 3 rings (SSSR count). The Hall–Kier alpha value is -1.48. The maximum absolute atomic E-state index is 4.43. The number of hydrogen-bond acceptors (Lipinski definition) is 3. The zero-order chi connectivity index (χ0) is 11.0. The SMILES string of the molecule is CN1c2ccccc2SC1c1ccccn1. The van der Waals surface area contributed by atoms with E-state index >= 15 is 0 Å². The monoisotopic (exact) mass is 228 g/mol. The first-order valence-electron chi connectivity index (χ1n) is 5.26. The van der Waals surface area contributed by atoms with Crippen LogP contribution in [0.25, 0.3) is 0 Å². The fraction of sp³-hybridized carbons (Fsp3) is 0.154. The first kappa shape index (κ1) is 9.73. The predicted octanol–water partition coefficient (Wildman–Crippen LogP) is 3.32. The summed E-state index contributed by atoms with van der Waals surface area (Å²) in [5.74, 6) is 0. The molecule has 1 unspecified atom stereocenters. The molecule has 1 aromatic carbocycles. The number of pyridine rings is 1. The highest BCUT2D eigenvalue weighted by molar-refractivity contribution is 8.00. The van der Waals surface area contributed by atoms with Gasteiger partial charge in [-0.15, -0.1) is 0 Å². The van der Waals surface area contributed by atoms with Gasteiger partial charge >= 0.3 is 0 Å². The fourth-order valence-corrected chi connectivity index (χ4v) is 3.22. The van der Waals surface area contributed by atoms with Crippen LogP contribution in [-0.2, 0) is 0 Å². The Labute approximate surface area is 99.3 Å². The van der Waals surface area contributed by atoms with Crippen LogP contribution in [0.1, 0.15) is 11.1 Å².